The average Bonchev–Trinajstić information content (AvgIpc) is 2.25. The van der Waals surface area contributed by atoms with Crippen LogP contribution in [0.5, 0.6) is 0 Å². The summed E-state index contributed by atoms with van der Waals surface area (Å²) >= 11 is 0. The van der Waals surface area contributed by atoms with Crippen LogP contribution in [-0.4, -0.2) is 43.7 Å². The fourth-order valence-electron chi connectivity index (χ4n) is 1.35. The van der Waals surface area contributed by atoms with Gasteiger partial charge in [-0.2, -0.15) is 0 Å². The van der Waals surface area contributed by atoms with Crippen LogP contribution in [0.4, 0.5) is 0 Å². The summed E-state index contributed by atoms with van der Waals surface area (Å²) in [6, 6.07) is 0. The lowest BCUT2D eigenvalue weighted by molar-refractivity contribution is -0.148. The van der Waals surface area contributed by atoms with E-state index in [1.165, 1.54) is 14.0 Å². The Kier molecular flexibility index (Phi) is 7.63. The van der Waals surface area contributed by atoms with Crippen molar-refractivity contribution in [3.05, 3.63) is 0 Å². The molecule has 0 saturated heterocycles. The number of hydrogen-bond acceptors (Lipinski definition) is 6. The van der Waals surface area contributed by atoms with Crippen LogP contribution in [0.15, 0.2) is 0 Å². The van der Waals surface area contributed by atoms with Gasteiger partial charge in [0.15, 0.2) is 0 Å². The monoisotopic (exact) mass is 268 g/mol. The fraction of sp³-hybridized carbons (Fsp3) is 0.900. The minimum absolute atomic E-state index is 0.182. The highest BCUT2D eigenvalue weighted by Gasteiger charge is 2.35. The number of aliphatic hydroxyl groups is 1. The molecule has 102 valence electrons. The largest absolute Gasteiger partial charge is 0.469 e. The maximum absolute atomic E-state index is 12.2. The van der Waals surface area contributed by atoms with Crippen molar-refractivity contribution >= 4 is 13.6 Å². The Labute approximate surface area is 102 Å². The van der Waals surface area contributed by atoms with Crippen molar-refractivity contribution in [3.63, 3.8) is 0 Å². The van der Waals surface area contributed by atoms with Gasteiger partial charge in [-0.1, -0.05) is 0 Å². The first-order valence-corrected chi connectivity index (χ1v) is 7.27. The van der Waals surface area contributed by atoms with Crippen molar-refractivity contribution < 1.29 is 28.3 Å². The topological polar surface area (TPSA) is 82.1 Å². The molecule has 0 aliphatic carbocycles. The van der Waals surface area contributed by atoms with Crippen LogP contribution in [0.3, 0.4) is 0 Å². The van der Waals surface area contributed by atoms with Crippen LogP contribution < -0.4 is 0 Å². The number of carbonyl (C=O) groups excluding carboxylic acids is 1. The summed E-state index contributed by atoms with van der Waals surface area (Å²) in [5.74, 6) is -1.54. The highest BCUT2D eigenvalue weighted by atomic mass is 31.2. The smallest absolute Gasteiger partial charge is 0.331 e. The van der Waals surface area contributed by atoms with Gasteiger partial charge in [0, 0.05) is 0 Å². The number of carbonyl (C=O) groups is 1. The van der Waals surface area contributed by atoms with Gasteiger partial charge in [-0.15, -0.1) is 0 Å². The first kappa shape index (κ1) is 16.6. The molecule has 17 heavy (non-hydrogen) atoms. The highest BCUT2D eigenvalue weighted by molar-refractivity contribution is 7.53. The number of ether oxygens (including phenoxy) is 1. The molecule has 0 saturated carbocycles. The van der Waals surface area contributed by atoms with E-state index in [1.807, 2.05) is 0 Å². The van der Waals surface area contributed by atoms with Crippen molar-refractivity contribution in [1.82, 2.24) is 0 Å². The number of esters is 1. The molecule has 0 fully saturated rings. The van der Waals surface area contributed by atoms with E-state index in [2.05, 4.69) is 4.74 Å². The van der Waals surface area contributed by atoms with Crippen molar-refractivity contribution in [3.8, 4) is 0 Å². The van der Waals surface area contributed by atoms with Gasteiger partial charge >= 0.3 is 13.6 Å². The van der Waals surface area contributed by atoms with Crippen molar-refractivity contribution in [2.75, 3.05) is 26.5 Å². The van der Waals surface area contributed by atoms with Crippen LogP contribution in [-0.2, 0) is 23.1 Å². The van der Waals surface area contributed by atoms with E-state index >= 15 is 0 Å². The summed E-state index contributed by atoms with van der Waals surface area (Å²) < 4.78 is 26.8. The van der Waals surface area contributed by atoms with Gasteiger partial charge in [0.2, 0.25) is 0 Å². The maximum atomic E-state index is 12.2. The molecule has 0 aromatic heterocycles. The molecule has 0 unspecified atom stereocenters. The minimum atomic E-state index is -3.36. The van der Waals surface area contributed by atoms with Crippen LogP contribution in [0, 0.1) is 5.92 Å². The van der Waals surface area contributed by atoms with E-state index in [9.17, 15) is 14.5 Å². The Hall–Kier alpha value is -0.420. The first-order chi connectivity index (χ1) is 7.90. The number of rotatable bonds is 8. The van der Waals surface area contributed by atoms with E-state index < -0.39 is 25.6 Å². The molecule has 0 aliphatic rings. The molecule has 0 heterocycles. The van der Waals surface area contributed by atoms with Crippen molar-refractivity contribution in [2.24, 2.45) is 5.92 Å². The Morgan fingerprint density at radius 3 is 2.06 bits per heavy atom. The summed E-state index contributed by atoms with van der Waals surface area (Å²) in [5.41, 5.74) is 0. The van der Waals surface area contributed by atoms with Crippen LogP contribution in [0.1, 0.15) is 20.8 Å². The van der Waals surface area contributed by atoms with Gasteiger partial charge in [0.25, 0.3) is 0 Å². The SMILES string of the molecule is CCOP(=O)(C[C@H](C(=O)OC)[C@H](C)O)OCC. The molecule has 6 nitrogen and oxygen atoms in total. The van der Waals surface area contributed by atoms with Gasteiger partial charge in [0.05, 0.1) is 38.5 Å². The molecule has 7 heteroatoms. The molecule has 0 aromatic rings. The van der Waals surface area contributed by atoms with E-state index in [0.29, 0.717) is 0 Å². The van der Waals surface area contributed by atoms with Crippen LogP contribution in [0.25, 0.3) is 0 Å². The molecule has 0 bridgehead atoms. The maximum Gasteiger partial charge on any atom is 0.331 e. The van der Waals surface area contributed by atoms with E-state index in [-0.39, 0.29) is 19.4 Å². The second kappa shape index (κ2) is 7.82. The summed E-state index contributed by atoms with van der Waals surface area (Å²) in [4.78, 5) is 11.4. The molecule has 0 aliphatic heterocycles. The Balaban J connectivity index is 4.79. The molecular formula is C10H21O6P. The highest BCUT2D eigenvalue weighted by Crippen LogP contribution is 2.50. The average molecular weight is 268 g/mol. The van der Waals surface area contributed by atoms with Gasteiger partial charge in [-0.05, 0) is 20.8 Å². The Morgan fingerprint density at radius 1 is 1.29 bits per heavy atom. The normalized spacial score (nSPS) is 15.4. The summed E-state index contributed by atoms with van der Waals surface area (Å²) in [6.45, 7) is 5.22. The summed E-state index contributed by atoms with van der Waals surface area (Å²) in [5, 5.41) is 9.48. The molecule has 0 aromatic carbocycles. The zero-order valence-corrected chi connectivity index (χ0v) is 11.6. The third-order valence-electron chi connectivity index (χ3n) is 2.16. The zero-order valence-electron chi connectivity index (χ0n) is 10.7. The molecule has 2 atom stereocenters. The second-order valence-electron chi connectivity index (χ2n) is 3.50. The molecule has 0 radical (unpaired) electrons. The lowest BCUT2D eigenvalue weighted by Gasteiger charge is -2.23. The van der Waals surface area contributed by atoms with Gasteiger partial charge in [-0.25, -0.2) is 0 Å². The quantitative estimate of drug-likeness (QED) is 0.529. The summed E-state index contributed by atoms with van der Waals surface area (Å²) in [7, 11) is -2.14. The van der Waals surface area contributed by atoms with Crippen molar-refractivity contribution in [2.45, 2.75) is 26.9 Å². The zero-order chi connectivity index (χ0) is 13.5. The molecule has 1 N–H and O–H groups in total. The van der Waals surface area contributed by atoms with Gasteiger partial charge in [0.1, 0.15) is 0 Å². The molecule has 0 amide bonds. The lowest BCUT2D eigenvalue weighted by atomic mass is 10.1. The predicted octanol–water partition coefficient (Wildman–Crippen LogP) is 1.42. The number of methoxy groups -OCH3 is 1. The third kappa shape index (κ3) is 5.64. The Bertz CT molecular complexity index is 268. The lowest BCUT2D eigenvalue weighted by Crippen LogP contribution is -2.30. The summed E-state index contributed by atoms with van der Waals surface area (Å²) in [6.07, 6.45) is -1.16. The molecule has 0 rings (SSSR count). The van der Waals surface area contributed by atoms with Gasteiger partial charge in [-0.3, -0.25) is 9.36 Å². The first-order valence-electron chi connectivity index (χ1n) is 5.54. The fourth-order valence-corrected chi connectivity index (χ4v) is 3.36. The van der Waals surface area contributed by atoms with E-state index in [0.717, 1.165) is 0 Å². The minimum Gasteiger partial charge on any atom is -0.469 e. The van der Waals surface area contributed by atoms with Crippen molar-refractivity contribution in [1.29, 1.82) is 0 Å². The standard InChI is InChI=1S/C10H21O6P/c1-5-15-17(13,16-6-2)7-9(8(3)11)10(12)14-4/h8-9,11H,5-7H2,1-4H3/t8-,9-/m0/s1. The third-order valence-corrected chi connectivity index (χ3v) is 4.30. The Morgan fingerprint density at radius 2 is 1.76 bits per heavy atom. The number of aliphatic hydroxyl groups excluding tert-OH is 1. The molecular weight excluding hydrogens is 247 g/mol. The van der Waals surface area contributed by atoms with Crippen LogP contribution in [0.2, 0.25) is 0 Å². The number of hydrogen-bond donors (Lipinski definition) is 1. The molecule has 0 spiro atoms. The van der Waals surface area contributed by atoms with E-state index in [1.54, 1.807) is 13.8 Å². The van der Waals surface area contributed by atoms with Gasteiger partial charge < -0.3 is 18.9 Å². The second-order valence-corrected chi connectivity index (χ2v) is 5.60. The van der Waals surface area contributed by atoms with Crippen LogP contribution >= 0.6 is 7.60 Å². The predicted molar refractivity (Wildman–Crippen MR) is 62.9 cm³/mol. The van der Waals surface area contributed by atoms with E-state index in [4.69, 9.17) is 9.05 Å².